The first-order valence-corrected chi connectivity index (χ1v) is 5.25. The molecule has 1 atom stereocenters. The largest absolute Gasteiger partial charge is 0.480 e. The van der Waals surface area contributed by atoms with E-state index in [-0.39, 0.29) is 0 Å². The summed E-state index contributed by atoms with van der Waals surface area (Å²) in [7, 11) is 1.63. The molecule has 1 aromatic rings. The molecule has 1 aromatic heterocycles. The lowest BCUT2D eigenvalue weighted by atomic mass is 9.86. The second-order valence-electron chi connectivity index (χ2n) is 4.95. The number of aromatic nitrogens is 2. The van der Waals surface area contributed by atoms with Crippen molar-refractivity contribution >= 4 is 11.9 Å². The van der Waals surface area contributed by atoms with Crippen molar-refractivity contribution in [3.63, 3.8) is 0 Å². The maximum absolute atomic E-state index is 11.9. The summed E-state index contributed by atoms with van der Waals surface area (Å²) < 4.78 is 1.40. The Balaban J connectivity index is 2.86. The Kier molecular flexibility index (Phi) is 3.55. The molecule has 6 nitrogen and oxygen atoms in total. The van der Waals surface area contributed by atoms with Crippen LogP contribution in [0.5, 0.6) is 0 Å². The van der Waals surface area contributed by atoms with E-state index in [1.54, 1.807) is 27.8 Å². The first kappa shape index (κ1) is 13.2. The summed E-state index contributed by atoms with van der Waals surface area (Å²) in [4.78, 5) is 23.0. The molecule has 2 N–H and O–H groups in total. The van der Waals surface area contributed by atoms with Crippen LogP contribution in [0.25, 0.3) is 0 Å². The van der Waals surface area contributed by atoms with Crippen LogP contribution in [0.15, 0.2) is 12.3 Å². The summed E-state index contributed by atoms with van der Waals surface area (Å²) in [5.74, 6) is -1.49. The summed E-state index contributed by atoms with van der Waals surface area (Å²) in [6.07, 6.45) is 1.49. The van der Waals surface area contributed by atoms with Crippen molar-refractivity contribution in [3.05, 3.63) is 18.0 Å². The van der Waals surface area contributed by atoms with Gasteiger partial charge in [0.1, 0.15) is 11.7 Å². The molecule has 94 valence electrons. The Morgan fingerprint density at radius 2 is 2.06 bits per heavy atom. The zero-order valence-electron chi connectivity index (χ0n) is 10.4. The molecule has 0 bridgehead atoms. The number of rotatable bonds is 3. The first-order chi connectivity index (χ1) is 7.73. The lowest BCUT2D eigenvalue weighted by Gasteiger charge is -2.27. The van der Waals surface area contributed by atoms with Crippen molar-refractivity contribution in [3.8, 4) is 0 Å². The predicted octanol–water partition coefficient (Wildman–Crippen LogP) is 0.649. The number of aryl methyl sites for hydroxylation is 1. The summed E-state index contributed by atoms with van der Waals surface area (Å²) in [6, 6.07) is 0.599. The molecule has 0 aliphatic rings. The summed E-state index contributed by atoms with van der Waals surface area (Å²) in [5, 5.41) is 15.4. The molecule has 0 saturated heterocycles. The second kappa shape index (κ2) is 4.57. The normalized spacial score (nSPS) is 13.2. The van der Waals surface area contributed by atoms with Gasteiger partial charge in [0.25, 0.3) is 5.91 Å². The van der Waals surface area contributed by atoms with Gasteiger partial charge in [-0.15, -0.1) is 0 Å². The molecule has 17 heavy (non-hydrogen) atoms. The fraction of sp³-hybridized carbons (Fsp3) is 0.545. The molecular formula is C11H17N3O3. The van der Waals surface area contributed by atoms with Crippen LogP contribution in [0, 0.1) is 5.41 Å². The summed E-state index contributed by atoms with van der Waals surface area (Å²) in [5.41, 5.74) is -0.222. The number of hydrogen-bond donors (Lipinski definition) is 2. The van der Waals surface area contributed by atoms with E-state index in [4.69, 9.17) is 5.11 Å². The van der Waals surface area contributed by atoms with Gasteiger partial charge in [0.15, 0.2) is 0 Å². The highest BCUT2D eigenvalue weighted by Gasteiger charge is 2.33. The molecule has 1 heterocycles. The molecule has 0 aliphatic carbocycles. The lowest BCUT2D eigenvalue weighted by Crippen LogP contribution is -2.49. The standard InChI is InChI=1S/C11H17N3O3/c1-11(2,3)8(10(16)17)13-9(15)7-5-6-12-14(7)4/h5-6,8H,1-4H3,(H,13,15)(H,16,17)/t8-/m0/s1. The molecular weight excluding hydrogens is 222 g/mol. The van der Waals surface area contributed by atoms with Gasteiger partial charge in [-0.2, -0.15) is 5.10 Å². The average Bonchev–Trinajstić information content (AvgIpc) is 2.58. The first-order valence-electron chi connectivity index (χ1n) is 5.25. The van der Waals surface area contributed by atoms with Crippen molar-refractivity contribution < 1.29 is 14.7 Å². The highest BCUT2D eigenvalue weighted by Crippen LogP contribution is 2.19. The van der Waals surface area contributed by atoms with Crippen molar-refractivity contribution in [2.75, 3.05) is 0 Å². The van der Waals surface area contributed by atoms with Crippen molar-refractivity contribution in [2.45, 2.75) is 26.8 Å². The Hall–Kier alpha value is -1.85. The maximum Gasteiger partial charge on any atom is 0.326 e. The van der Waals surface area contributed by atoms with Crippen LogP contribution >= 0.6 is 0 Å². The third kappa shape index (κ3) is 3.05. The van der Waals surface area contributed by atoms with E-state index in [2.05, 4.69) is 10.4 Å². The topological polar surface area (TPSA) is 84.2 Å². The summed E-state index contributed by atoms with van der Waals surface area (Å²) >= 11 is 0. The molecule has 6 heteroatoms. The van der Waals surface area contributed by atoms with Gasteiger partial charge in [-0.05, 0) is 11.5 Å². The van der Waals surface area contributed by atoms with Gasteiger partial charge >= 0.3 is 5.97 Å². The molecule has 0 aromatic carbocycles. The molecule has 1 amide bonds. The Bertz CT molecular complexity index is 431. The van der Waals surface area contributed by atoms with Crippen LogP contribution in [-0.2, 0) is 11.8 Å². The van der Waals surface area contributed by atoms with Crippen molar-refractivity contribution in [1.82, 2.24) is 15.1 Å². The van der Waals surface area contributed by atoms with E-state index in [0.29, 0.717) is 5.69 Å². The number of carbonyl (C=O) groups excluding carboxylic acids is 1. The van der Waals surface area contributed by atoms with Gasteiger partial charge in [-0.3, -0.25) is 9.48 Å². The fourth-order valence-electron chi connectivity index (χ4n) is 1.45. The monoisotopic (exact) mass is 239 g/mol. The van der Waals surface area contributed by atoms with Gasteiger partial charge < -0.3 is 10.4 Å². The SMILES string of the molecule is Cn1nccc1C(=O)N[C@@H](C(=O)O)C(C)(C)C. The molecule has 0 aliphatic heterocycles. The van der Waals surface area contributed by atoms with Crippen LogP contribution in [0.4, 0.5) is 0 Å². The van der Waals surface area contributed by atoms with Gasteiger partial charge in [0.2, 0.25) is 0 Å². The number of hydrogen-bond acceptors (Lipinski definition) is 3. The second-order valence-corrected chi connectivity index (χ2v) is 4.95. The van der Waals surface area contributed by atoms with Crippen LogP contribution in [0.1, 0.15) is 31.3 Å². The Morgan fingerprint density at radius 3 is 2.41 bits per heavy atom. The zero-order valence-corrected chi connectivity index (χ0v) is 10.4. The number of amides is 1. The minimum absolute atomic E-state index is 0.334. The molecule has 1 rings (SSSR count). The molecule has 0 fully saturated rings. The van der Waals surface area contributed by atoms with E-state index in [0.717, 1.165) is 0 Å². The number of carbonyl (C=O) groups is 2. The van der Waals surface area contributed by atoms with Gasteiger partial charge in [0.05, 0.1) is 0 Å². The third-order valence-corrected chi connectivity index (χ3v) is 2.44. The van der Waals surface area contributed by atoms with Crippen molar-refractivity contribution in [1.29, 1.82) is 0 Å². The van der Waals surface area contributed by atoms with Gasteiger partial charge in [-0.25, -0.2) is 4.79 Å². The van der Waals surface area contributed by atoms with Crippen LogP contribution in [0.2, 0.25) is 0 Å². The molecule has 0 saturated carbocycles. The highest BCUT2D eigenvalue weighted by atomic mass is 16.4. The number of carboxylic acid groups (broad SMARTS) is 1. The third-order valence-electron chi connectivity index (χ3n) is 2.44. The highest BCUT2D eigenvalue weighted by molar-refractivity contribution is 5.95. The van der Waals surface area contributed by atoms with E-state index >= 15 is 0 Å². The van der Waals surface area contributed by atoms with Gasteiger partial charge in [0, 0.05) is 13.2 Å². The zero-order chi connectivity index (χ0) is 13.2. The minimum Gasteiger partial charge on any atom is -0.480 e. The van der Waals surface area contributed by atoms with E-state index < -0.39 is 23.3 Å². The average molecular weight is 239 g/mol. The smallest absolute Gasteiger partial charge is 0.326 e. The predicted molar refractivity (Wildman–Crippen MR) is 61.6 cm³/mol. The van der Waals surface area contributed by atoms with E-state index in [1.165, 1.54) is 16.9 Å². The summed E-state index contributed by atoms with van der Waals surface area (Å²) in [6.45, 7) is 5.28. The lowest BCUT2D eigenvalue weighted by molar-refractivity contribution is -0.142. The van der Waals surface area contributed by atoms with Crippen LogP contribution in [0.3, 0.4) is 0 Å². The molecule has 0 radical (unpaired) electrons. The number of nitrogens with zero attached hydrogens (tertiary/aromatic N) is 2. The quantitative estimate of drug-likeness (QED) is 0.811. The number of nitrogens with one attached hydrogen (secondary N) is 1. The van der Waals surface area contributed by atoms with E-state index in [9.17, 15) is 9.59 Å². The van der Waals surface area contributed by atoms with Gasteiger partial charge in [-0.1, -0.05) is 20.8 Å². The molecule has 0 spiro atoms. The fourth-order valence-corrected chi connectivity index (χ4v) is 1.45. The number of carboxylic acids is 1. The Morgan fingerprint density at radius 1 is 1.47 bits per heavy atom. The van der Waals surface area contributed by atoms with Crippen LogP contribution in [-0.4, -0.2) is 32.8 Å². The van der Waals surface area contributed by atoms with Crippen LogP contribution < -0.4 is 5.32 Å². The Labute approximate surface area is 99.6 Å². The number of aliphatic carboxylic acids is 1. The van der Waals surface area contributed by atoms with E-state index in [1.807, 2.05) is 0 Å². The molecule has 0 unspecified atom stereocenters. The maximum atomic E-state index is 11.9. The van der Waals surface area contributed by atoms with Crippen molar-refractivity contribution in [2.24, 2.45) is 12.5 Å². The minimum atomic E-state index is -1.05.